The van der Waals surface area contributed by atoms with Gasteiger partial charge in [-0.05, 0) is 31.2 Å². The van der Waals surface area contributed by atoms with Crippen molar-refractivity contribution in [2.45, 2.75) is 13.0 Å². The summed E-state index contributed by atoms with van der Waals surface area (Å²) >= 11 is 5.84. The third-order valence-corrected chi connectivity index (χ3v) is 3.63. The van der Waals surface area contributed by atoms with Gasteiger partial charge in [0.25, 0.3) is 0 Å². The maximum Gasteiger partial charge on any atom is 0.249 e. The van der Waals surface area contributed by atoms with Crippen LogP contribution in [0.1, 0.15) is 6.92 Å². The maximum atomic E-state index is 12.4. The topological polar surface area (TPSA) is 49.9 Å². The van der Waals surface area contributed by atoms with Gasteiger partial charge in [0.1, 0.15) is 12.6 Å². The third-order valence-electron chi connectivity index (χ3n) is 3.38. The van der Waals surface area contributed by atoms with E-state index in [4.69, 9.17) is 16.3 Å². The van der Waals surface area contributed by atoms with Crippen molar-refractivity contribution >= 4 is 29.1 Å². The zero-order valence-electron chi connectivity index (χ0n) is 11.5. The van der Waals surface area contributed by atoms with Gasteiger partial charge in [-0.15, -0.1) is 0 Å². The summed E-state index contributed by atoms with van der Waals surface area (Å²) in [7, 11) is 1.47. The maximum absolute atomic E-state index is 12.4. The molecule has 6 heteroatoms. The number of halogens is 1. The van der Waals surface area contributed by atoms with Crippen LogP contribution in [-0.4, -0.2) is 49.6 Å². The molecule has 0 aliphatic carbocycles. The van der Waals surface area contributed by atoms with E-state index in [1.54, 1.807) is 41.0 Å². The highest BCUT2D eigenvalue weighted by molar-refractivity contribution is 6.30. The first-order valence-electron chi connectivity index (χ1n) is 6.40. The summed E-state index contributed by atoms with van der Waals surface area (Å²) in [5.41, 5.74) is 0.796. The molecule has 5 nitrogen and oxygen atoms in total. The molecule has 0 aromatic heterocycles. The van der Waals surface area contributed by atoms with Crippen LogP contribution in [0.5, 0.6) is 0 Å². The predicted molar refractivity (Wildman–Crippen MR) is 76.9 cm³/mol. The van der Waals surface area contributed by atoms with Crippen LogP contribution in [-0.2, 0) is 14.3 Å². The van der Waals surface area contributed by atoms with Crippen LogP contribution in [0.25, 0.3) is 0 Å². The number of anilines is 1. The highest BCUT2D eigenvalue weighted by Crippen LogP contribution is 2.22. The van der Waals surface area contributed by atoms with Gasteiger partial charge in [-0.3, -0.25) is 9.59 Å². The van der Waals surface area contributed by atoms with Gasteiger partial charge in [0.05, 0.1) is 0 Å². The Bertz CT molecular complexity index is 504. The van der Waals surface area contributed by atoms with E-state index >= 15 is 0 Å². The molecule has 1 atom stereocenters. The van der Waals surface area contributed by atoms with Gasteiger partial charge in [0.15, 0.2) is 0 Å². The summed E-state index contributed by atoms with van der Waals surface area (Å²) in [4.78, 5) is 27.5. The second-order valence-corrected chi connectivity index (χ2v) is 5.10. The molecule has 0 spiro atoms. The highest BCUT2D eigenvalue weighted by Gasteiger charge is 2.34. The smallest absolute Gasteiger partial charge is 0.249 e. The number of carbonyl (C=O) groups is 2. The Labute approximate surface area is 123 Å². The summed E-state index contributed by atoms with van der Waals surface area (Å²) < 4.78 is 4.83. The van der Waals surface area contributed by atoms with E-state index in [-0.39, 0.29) is 18.4 Å². The molecule has 1 aromatic carbocycles. The third kappa shape index (κ3) is 2.94. The van der Waals surface area contributed by atoms with Crippen LogP contribution < -0.4 is 4.90 Å². The Hall–Kier alpha value is -1.59. The van der Waals surface area contributed by atoms with E-state index in [2.05, 4.69) is 0 Å². The Balaban J connectivity index is 2.12. The zero-order valence-corrected chi connectivity index (χ0v) is 12.3. The zero-order chi connectivity index (χ0) is 14.7. The number of hydrogen-bond donors (Lipinski definition) is 0. The molecule has 108 valence electrons. The molecule has 0 bridgehead atoms. The van der Waals surface area contributed by atoms with Crippen LogP contribution in [0.2, 0.25) is 5.02 Å². The average molecular weight is 297 g/mol. The van der Waals surface area contributed by atoms with Crippen LogP contribution in [0.15, 0.2) is 24.3 Å². The number of rotatable bonds is 3. The van der Waals surface area contributed by atoms with Gasteiger partial charge in [-0.1, -0.05) is 11.6 Å². The first kappa shape index (κ1) is 14.8. The van der Waals surface area contributed by atoms with Crippen LogP contribution in [0, 0.1) is 0 Å². The van der Waals surface area contributed by atoms with Crippen LogP contribution >= 0.6 is 11.6 Å². The lowest BCUT2D eigenvalue weighted by molar-refractivity contribution is -0.143. The second kappa shape index (κ2) is 6.24. The molecule has 1 unspecified atom stereocenters. The largest absolute Gasteiger partial charge is 0.375 e. The van der Waals surface area contributed by atoms with Crippen molar-refractivity contribution in [3.8, 4) is 0 Å². The Kier molecular flexibility index (Phi) is 4.62. The van der Waals surface area contributed by atoms with Crippen LogP contribution in [0.4, 0.5) is 5.69 Å². The summed E-state index contributed by atoms with van der Waals surface area (Å²) in [5, 5.41) is 0.628. The normalized spacial score (nSPS) is 19.4. The Morgan fingerprint density at radius 3 is 2.60 bits per heavy atom. The van der Waals surface area contributed by atoms with E-state index in [1.807, 2.05) is 0 Å². The van der Waals surface area contributed by atoms with E-state index in [0.717, 1.165) is 5.69 Å². The van der Waals surface area contributed by atoms with E-state index in [0.29, 0.717) is 18.1 Å². The fourth-order valence-electron chi connectivity index (χ4n) is 2.29. The van der Waals surface area contributed by atoms with Gasteiger partial charge in [0, 0.05) is 30.9 Å². The lowest BCUT2D eigenvalue weighted by Gasteiger charge is -2.39. The minimum absolute atomic E-state index is 0.00142. The fraction of sp³-hybridized carbons (Fsp3) is 0.429. The van der Waals surface area contributed by atoms with Gasteiger partial charge >= 0.3 is 0 Å². The summed E-state index contributed by atoms with van der Waals surface area (Å²) in [6, 6.07) is 6.62. The molecule has 1 aliphatic rings. The number of piperazine rings is 1. The molecular weight excluding hydrogens is 280 g/mol. The molecule has 1 fully saturated rings. The number of ether oxygens (including phenoxy) is 1. The molecule has 2 rings (SSSR count). The summed E-state index contributed by atoms with van der Waals surface area (Å²) in [5.74, 6) is -0.257. The van der Waals surface area contributed by atoms with Gasteiger partial charge in [0.2, 0.25) is 11.8 Å². The summed E-state index contributed by atoms with van der Waals surface area (Å²) in [6.07, 6.45) is 0. The second-order valence-electron chi connectivity index (χ2n) is 4.66. The fourth-order valence-corrected chi connectivity index (χ4v) is 2.42. The molecular formula is C14H17ClN2O3. The van der Waals surface area contributed by atoms with Gasteiger partial charge in [-0.25, -0.2) is 0 Å². The molecule has 0 saturated carbocycles. The first-order valence-corrected chi connectivity index (χ1v) is 6.77. The lowest BCUT2D eigenvalue weighted by atomic mass is 10.1. The quantitative estimate of drug-likeness (QED) is 0.850. The molecule has 20 heavy (non-hydrogen) atoms. The molecule has 1 heterocycles. The number of amides is 2. The van der Waals surface area contributed by atoms with E-state index < -0.39 is 6.04 Å². The Morgan fingerprint density at radius 1 is 1.35 bits per heavy atom. The van der Waals surface area contributed by atoms with Crippen molar-refractivity contribution in [1.82, 2.24) is 4.90 Å². The van der Waals surface area contributed by atoms with Crippen LogP contribution in [0.3, 0.4) is 0 Å². The predicted octanol–water partition coefficient (Wildman–Crippen LogP) is 1.55. The number of carbonyl (C=O) groups excluding carboxylic acids is 2. The number of hydrogen-bond acceptors (Lipinski definition) is 3. The van der Waals surface area contributed by atoms with Crippen molar-refractivity contribution in [3.63, 3.8) is 0 Å². The van der Waals surface area contributed by atoms with Crippen molar-refractivity contribution in [1.29, 1.82) is 0 Å². The standard InChI is InChI=1S/C14H17ClN2O3/c1-10-14(19)17(12-5-3-11(15)4-6-12)8-7-16(10)13(18)9-20-2/h3-6,10H,7-9H2,1-2H3. The molecule has 0 radical (unpaired) electrons. The van der Waals surface area contributed by atoms with Crippen molar-refractivity contribution in [2.75, 3.05) is 31.7 Å². The number of nitrogens with zero attached hydrogens (tertiary/aromatic N) is 2. The first-order chi connectivity index (χ1) is 9.54. The lowest BCUT2D eigenvalue weighted by Crippen LogP contribution is -2.58. The van der Waals surface area contributed by atoms with Gasteiger partial charge < -0.3 is 14.5 Å². The van der Waals surface area contributed by atoms with Crippen molar-refractivity contribution in [2.24, 2.45) is 0 Å². The average Bonchev–Trinajstić information content (AvgIpc) is 2.43. The molecule has 1 saturated heterocycles. The van der Waals surface area contributed by atoms with Gasteiger partial charge in [-0.2, -0.15) is 0 Å². The van der Waals surface area contributed by atoms with E-state index in [1.165, 1.54) is 7.11 Å². The molecule has 0 N–H and O–H groups in total. The van der Waals surface area contributed by atoms with Crippen molar-refractivity contribution < 1.29 is 14.3 Å². The van der Waals surface area contributed by atoms with E-state index in [9.17, 15) is 9.59 Å². The molecule has 1 aromatic rings. The Morgan fingerprint density at radius 2 is 2.00 bits per heavy atom. The number of benzene rings is 1. The summed E-state index contributed by atoms with van der Waals surface area (Å²) in [6.45, 7) is 2.70. The van der Waals surface area contributed by atoms with Crippen molar-refractivity contribution in [3.05, 3.63) is 29.3 Å². The SMILES string of the molecule is COCC(=O)N1CCN(c2ccc(Cl)cc2)C(=O)C1C. The minimum Gasteiger partial charge on any atom is -0.375 e. The highest BCUT2D eigenvalue weighted by atomic mass is 35.5. The molecule has 2 amide bonds. The number of methoxy groups -OCH3 is 1. The molecule has 1 aliphatic heterocycles. The monoisotopic (exact) mass is 296 g/mol. The minimum atomic E-state index is -0.484.